The summed E-state index contributed by atoms with van der Waals surface area (Å²) in [4.78, 5) is 11.2. The van der Waals surface area contributed by atoms with Gasteiger partial charge in [0.25, 0.3) is 0 Å². The fourth-order valence-electron chi connectivity index (χ4n) is 2.10. The topological polar surface area (TPSA) is 73.7 Å². The summed E-state index contributed by atoms with van der Waals surface area (Å²) in [5.41, 5.74) is 2.29. The molecule has 134 valence electrons. The quantitative estimate of drug-likeness (QED) is 0.647. The second-order valence-corrected chi connectivity index (χ2v) is 5.30. The molecule has 0 spiro atoms. The van der Waals surface area contributed by atoms with E-state index >= 15 is 0 Å². The van der Waals surface area contributed by atoms with Crippen molar-refractivity contribution in [1.82, 2.24) is 25.1 Å². The van der Waals surface area contributed by atoms with E-state index in [1.165, 1.54) is 24.7 Å². The van der Waals surface area contributed by atoms with Crippen LogP contribution in [0.1, 0.15) is 11.1 Å². The third-order valence-electron chi connectivity index (χ3n) is 3.17. The highest BCUT2D eigenvalue weighted by molar-refractivity contribution is 5.57. The van der Waals surface area contributed by atoms with Gasteiger partial charge in [0.05, 0.1) is 18.1 Å². The Balaban J connectivity index is 1.73. The summed E-state index contributed by atoms with van der Waals surface area (Å²) in [6.45, 7) is -1.47. The number of hydrogen-bond acceptors (Lipinski definition) is 6. The second-order valence-electron chi connectivity index (χ2n) is 5.30. The maximum absolute atomic E-state index is 13.2. The number of pyridine rings is 1. The molecule has 0 aliphatic rings. The maximum Gasteiger partial charge on any atom is 0.422 e. The van der Waals surface area contributed by atoms with Crippen molar-refractivity contribution in [3.8, 4) is 17.3 Å². The summed E-state index contributed by atoms with van der Waals surface area (Å²) in [5.74, 6) is -0.437. The molecule has 26 heavy (non-hydrogen) atoms. The van der Waals surface area contributed by atoms with E-state index in [9.17, 15) is 17.6 Å². The summed E-state index contributed by atoms with van der Waals surface area (Å²) in [7, 11) is 0. The Morgan fingerprint density at radius 1 is 0.923 bits per heavy atom. The Bertz CT molecular complexity index is 886. The summed E-state index contributed by atoms with van der Waals surface area (Å²) in [6, 6.07) is 2.68. The molecule has 0 aliphatic carbocycles. The minimum atomic E-state index is -4.46. The number of rotatable bonds is 5. The summed E-state index contributed by atoms with van der Waals surface area (Å²) < 4.78 is 54.0. The van der Waals surface area contributed by atoms with Crippen LogP contribution in [0.4, 0.5) is 17.6 Å². The van der Waals surface area contributed by atoms with E-state index in [1.54, 1.807) is 12.3 Å². The van der Waals surface area contributed by atoms with Crippen LogP contribution in [-0.2, 0) is 6.42 Å². The first-order valence-electron chi connectivity index (χ1n) is 7.32. The van der Waals surface area contributed by atoms with Crippen LogP contribution in [0.25, 0.3) is 11.3 Å². The van der Waals surface area contributed by atoms with Crippen molar-refractivity contribution in [1.29, 1.82) is 0 Å². The largest absolute Gasteiger partial charge is 0.454 e. The Morgan fingerprint density at radius 3 is 2.35 bits per heavy atom. The summed E-state index contributed by atoms with van der Waals surface area (Å²) in [5, 5.41) is 7.81. The highest BCUT2D eigenvalue weighted by atomic mass is 19.4. The third-order valence-corrected chi connectivity index (χ3v) is 3.17. The zero-order valence-electron chi connectivity index (χ0n) is 13.1. The van der Waals surface area contributed by atoms with Gasteiger partial charge in [0.15, 0.2) is 6.61 Å². The van der Waals surface area contributed by atoms with E-state index in [4.69, 9.17) is 0 Å². The van der Waals surface area contributed by atoms with Crippen molar-refractivity contribution >= 4 is 0 Å². The van der Waals surface area contributed by atoms with E-state index in [0.717, 1.165) is 11.8 Å². The molecule has 0 N–H and O–H groups in total. The zero-order valence-corrected chi connectivity index (χ0v) is 13.1. The maximum atomic E-state index is 13.2. The van der Waals surface area contributed by atoms with Crippen LogP contribution in [0.3, 0.4) is 0 Å². The van der Waals surface area contributed by atoms with Gasteiger partial charge in [0, 0.05) is 30.6 Å². The third kappa shape index (κ3) is 4.91. The van der Waals surface area contributed by atoms with Crippen LogP contribution in [0.5, 0.6) is 6.01 Å². The lowest BCUT2D eigenvalue weighted by Crippen LogP contribution is -2.20. The van der Waals surface area contributed by atoms with Crippen LogP contribution in [0, 0.1) is 5.82 Å². The molecule has 3 heterocycles. The average Bonchev–Trinajstić information content (AvgIpc) is 2.60. The number of aromatic nitrogens is 5. The molecule has 0 aromatic carbocycles. The lowest BCUT2D eigenvalue weighted by Gasteiger charge is -2.08. The lowest BCUT2D eigenvalue weighted by molar-refractivity contribution is -0.154. The molecule has 3 rings (SSSR count). The molecular weight excluding hydrogens is 354 g/mol. The van der Waals surface area contributed by atoms with Gasteiger partial charge >= 0.3 is 12.2 Å². The van der Waals surface area contributed by atoms with E-state index in [2.05, 4.69) is 29.9 Å². The van der Waals surface area contributed by atoms with Crippen LogP contribution in [0.15, 0.2) is 43.1 Å². The molecule has 0 saturated carbocycles. The van der Waals surface area contributed by atoms with Crippen LogP contribution in [-0.4, -0.2) is 37.9 Å². The van der Waals surface area contributed by atoms with Gasteiger partial charge in [-0.15, -0.1) is 0 Å². The molecule has 0 radical (unpaired) electrons. The van der Waals surface area contributed by atoms with Gasteiger partial charge in [-0.05, 0) is 23.3 Å². The Hall–Kier alpha value is -3.17. The van der Waals surface area contributed by atoms with Crippen molar-refractivity contribution < 1.29 is 22.3 Å². The van der Waals surface area contributed by atoms with Crippen LogP contribution >= 0.6 is 0 Å². The van der Waals surface area contributed by atoms with Gasteiger partial charge < -0.3 is 4.74 Å². The molecule has 0 fully saturated rings. The fourth-order valence-corrected chi connectivity index (χ4v) is 2.10. The molecular formula is C16H11F4N5O. The molecule has 3 aromatic heterocycles. The fraction of sp³-hybridized carbons (Fsp3) is 0.188. The SMILES string of the molecule is Fc1cncc(Cc2cnnc(-c3cnc(OCC(F)(F)F)nc3)c2)c1. The predicted octanol–water partition coefficient (Wildman–Crippen LogP) is 3.00. The van der Waals surface area contributed by atoms with Crippen molar-refractivity contribution in [3.05, 3.63) is 60.1 Å². The van der Waals surface area contributed by atoms with Gasteiger partial charge in [0.2, 0.25) is 0 Å². The first-order chi connectivity index (χ1) is 12.4. The van der Waals surface area contributed by atoms with Gasteiger partial charge in [-0.1, -0.05) is 0 Å². The van der Waals surface area contributed by atoms with E-state index in [-0.39, 0.29) is 6.01 Å². The minimum absolute atomic E-state index is 0.388. The highest BCUT2D eigenvalue weighted by Gasteiger charge is 2.28. The van der Waals surface area contributed by atoms with Crippen LogP contribution < -0.4 is 4.74 Å². The molecule has 0 unspecified atom stereocenters. The Morgan fingerprint density at radius 2 is 1.65 bits per heavy atom. The molecule has 3 aromatic rings. The Kier molecular flexibility index (Phi) is 5.01. The Labute approximate surface area is 144 Å². The van der Waals surface area contributed by atoms with Crippen molar-refractivity contribution in [2.45, 2.75) is 12.6 Å². The highest BCUT2D eigenvalue weighted by Crippen LogP contribution is 2.20. The first kappa shape index (κ1) is 17.6. The number of ether oxygens (including phenoxy) is 1. The van der Waals surface area contributed by atoms with Gasteiger partial charge in [-0.25, -0.2) is 14.4 Å². The number of alkyl halides is 3. The van der Waals surface area contributed by atoms with Crippen LogP contribution in [0.2, 0.25) is 0 Å². The standard InChI is InChI=1S/C16H11F4N5O/c17-13-2-10(4-21-8-13)1-11-3-14(25-24-5-11)12-6-22-15(23-7-12)26-9-16(18,19)20/h2-8H,1,9H2. The lowest BCUT2D eigenvalue weighted by atomic mass is 10.1. The van der Waals surface area contributed by atoms with Gasteiger partial charge in [-0.2, -0.15) is 23.4 Å². The molecule has 0 bridgehead atoms. The van der Waals surface area contributed by atoms with E-state index in [0.29, 0.717) is 23.2 Å². The van der Waals surface area contributed by atoms with E-state index < -0.39 is 18.6 Å². The minimum Gasteiger partial charge on any atom is -0.454 e. The summed E-state index contributed by atoms with van der Waals surface area (Å²) >= 11 is 0. The number of halogens is 4. The normalized spacial score (nSPS) is 11.4. The number of nitrogens with zero attached hydrogens (tertiary/aromatic N) is 5. The van der Waals surface area contributed by atoms with Crippen molar-refractivity contribution in [3.63, 3.8) is 0 Å². The average molecular weight is 365 g/mol. The summed E-state index contributed by atoms with van der Waals surface area (Å²) in [6.07, 6.45) is 2.68. The molecule has 0 saturated heterocycles. The van der Waals surface area contributed by atoms with Gasteiger partial charge in [-0.3, -0.25) is 4.98 Å². The first-order valence-corrected chi connectivity index (χ1v) is 7.32. The van der Waals surface area contributed by atoms with Crippen molar-refractivity contribution in [2.75, 3.05) is 6.61 Å². The number of hydrogen-bond donors (Lipinski definition) is 0. The smallest absolute Gasteiger partial charge is 0.422 e. The molecule has 0 aliphatic heterocycles. The molecule has 0 amide bonds. The molecule has 0 atom stereocenters. The molecule has 10 heteroatoms. The molecule has 6 nitrogen and oxygen atoms in total. The zero-order chi connectivity index (χ0) is 18.6. The van der Waals surface area contributed by atoms with E-state index in [1.807, 2.05) is 0 Å². The predicted molar refractivity (Wildman–Crippen MR) is 81.6 cm³/mol. The monoisotopic (exact) mass is 365 g/mol. The second kappa shape index (κ2) is 7.38. The van der Waals surface area contributed by atoms with Crippen molar-refractivity contribution in [2.24, 2.45) is 0 Å². The van der Waals surface area contributed by atoms with Gasteiger partial charge in [0.1, 0.15) is 5.82 Å².